The Morgan fingerprint density at radius 2 is 2.25 bits per heavy atom. The van der Waals surface area contributed by atoms with Crippen molar-refractivity contribution in [2.75, 3.05) is 18.0 Å². The number of rotatable bonds is 4. The Bertz CT molecular complexity index is 585. The number of carbonyl (C=O) groups excluding carboxylic acids is 1. The summed E-state index contributed by atoms with van der Waals surface area (Å²) in [5.74, 6) is 0.285. The molecule has 1 aromatic heterocycles. The van der Waals surface area contributed by atoms with Crippen LogP contribution in [0.5, 0.6) is 0 Å². The van der Waals surface area contributed by atoms with Crippen molar-refractivity contribution < 1.29 is 4.79 Å². The summed E-state index contributed by atoms with van der Waals surface area (Å²) in [6.45, 7) is 5.69. The van der Waals surface area contributed by atoms with E-state index < -0.39 is 0 Å². The summed E-state index contributed by atoms with van der Waals surface area (Å²) >= 11 is 1.70. The highest BCUT2D eigenvalue weighted by Gasteiger charge is 2.34. The lowest BCUT2D eigenvalue weighted by molar-refractivity contribution is -0.126. The lowest BCUT2D eigenvalue weighted by atomic mass is 9.99. The van der Waals surface area contributed by atoms with E-state index in [-0.39, 0.29) is 17.9 Å². The average Bonchev–Trinajstić information content (AvgIpc) is 2.79. The molecule has 1 saturated heterocycles. The van der Waals surface area contributed by atoms with Crippen molar-refractivity contribution in [2.24, 2.45) is 5.92 Å². The molecule has 20 heavy (non-hydrogen) atoms. The highest BCUT2D eigenvalue weighted by atomic mass is 32.1. The predicted molar refractivity (Wildman–Crippen MR) is 83.2 cm³/mol. The highest BCUT2D eigenvalue weighted by Crippen LogP contribution is 2.32. The fraction of sp³-hybridized carbons (Fsp3) is 0.467. The zero-order chi connectivity index (χ0) is 14.1. The molecule has 4 nitrogen and oxygen atoms in total. The number of nitrogens with zero attached hydrogens (tertiary/aromatic N) is 2. The van der Waals surface area contributed by atoms with Crippen molar-refractivity contribution in [3.63, 3.8) is 0 Å². The van der Waals surface area contributed by atoms with E-state index in [4.69, 9.17) is 0 Å². The van der Waals surface area contributed by atoms with Crippen LogP contribution in [0.15, 0.2) is 24.3 Å². The van der Waals surface area contributed by atoms with E-state index in [0.717, 1.165) is 30.2 Å². The molecule has 0 saturated carbocycles. The molecule has 106 valence electrons. The lowest BCUT2D eigenvalue weighted by Gasteiger charge is -2.38. The van der Waals surface area contributed by atoms with Gasteiger partial charge < -0.3 is 10.2 Å². The van der Waals surface area contributed by atoms with Gasteiger partial charge in [-0.15, -0.1) is 0 Å². The highest BCUT2D eigenvalue weighted by molar-refractivity contribution is 7.22. The molecule has 2 aromatic rings. The average molecular weight is 289 g/mol. The Balaban J connectivity index is 1.61. The molecule has 1 unspecified atom stereocenters. The van der Waals surface area contributed by atoms with Crippen LogP contribution >= 0.6 is 11.3 Å². The van der Waals surface area contributed by atoms with Gasteiger partial charge in [-0.2, -0.15) is 0 Å². The molecule has 5 heteroatoms. The van der Waals surface area contributed by atoms with Gasteiger partial charge in [-0.05, 0) is 25.5 Å². The largest absolute Gasteiger partial charge is 0.353 e. The number of thiazole rings is 1. The zero-order valence-corrected chi connectivity index (χ0v) is 12.6. The monoisotopic (exact) mass is 289 g/mol. The summed E-state index contributed by atoms with van der Waals surface area (Å²) in [6, 6.07) is 8.41. The number of carbonyl (C=O) groups is 1. The van der Waals surface area contributed by atoms with Crippen molar-refractivity contribution >= 4 is 32.6 Å². The van der Waals surface area contributed by atoms with E-state index in [1.54, 1.807) is 11.3 Å². The van der Waals surface area contributed by atoms with Gasteiger partial charge in [0.15, 0.2) is 5.13 Å². The van der Waals surface area contributed by atoms with Crippen molar-refractivity contribution in [2.45, 2.75) is 26.3 Å². The van der Waals surface area contributed by atoms with Crippen molar-refractivity contribution in [3.05, 3.63) is 24.3 Å². The zero-order valence-electron chi connectivity index (χ0n) is 11.8. The van der Waals surface area contributed by atoms with Crippen LogP contribution < -0.4 is 10.2 Å². The lowest BCUT2D eigenvalue weighted by Crippen LogP contribution is -2.54. The van der Waals surface area contributed by atoms with Gasteiger partial charge in [0.2, 0.25) is 5.91 Å². The molecule has 1 amide bonds. The van der Waals surface area contributed by atoms with Gasteiger partial charge in [0, 0.05) is 19.1 Å². The number of aromatic nitrogens is 1. The van der Waals surface area contributed by atoms with Gasteiger partial charge in [0.1, 0.15) is 0 Å². The summed E-state index contributed by atoms with van der Waals surface area (Å²) in [5.41, 5.74) is 1.04. The molecule has 1 aliphatic heterocycles. The molecule has 0 aliphatic carbocycles. The topological polar surface area (TPSA) is 45.2 Å². The number of fused-ring (bicyclic) bond motifs is 1. The van der Waals surface area contributed by atoms with E-state index in [1.807, 2.05) is 25.1 Å². The van der Waals surface area contributed by atoms with Crippen LogP contribution in [0.1, 0.15) is 20.3 Å². The van der Waals surface area contributed by atoms with Gasteiger partial charge >= 0.3 is 0 Å². The first-order chi connectivity index (χ1) is 9.67. The second kappa shape index (κ2) is 5.40. The van der Waals surface area contributed by atoms with Gasteiger partial charge in [-0.3, -0.25) is 4.79 Å². The normalized spacial score (nSPS) is 17.0. The van der Waals surface area contributed by atoms with Crippen LogP contribution in [0.4, 0.5) is 5.13 Å². The number of para-hydroxylation sites is 1. The SMILES string of the molecule is CCC(C)NC(=O)C1CN(c2nc3ccccc3s2)C1. The van der Waals surface area contributed by atoms with E-state index in [0.29, 0.717) is 0 Å². The summed E-state index contributed by atoms with van der Waals surface area (Å²) in [5, 5.41) is 4.07. The van der Waals surface area contributed by atoms with Gasteiger partial charge in [0.05, 0.1) is 16.1 Å². The second-order valence-electron chi connectivity index (χ2n) is 5.38. The molecule has 1 aliphatic rings. The van der Waals surface area contributed by atoms with Crippen molar-refractivity contribution in [1.82, 2.24) is 10.3 Å². The van der Waals surface area contributed by atoms with E-state index >= 15 is 0 Å². The minimum absolute atomic E-state index is 0.107. The van der Waals surface area contributed by atoms with E-state index in [1.165, 1.54) is 4.70 Å². The van der Waals surface area contributed by atoms with E-state index in [2.05, 4.69) is 28.2 Å². The Hall–Kier alpha value is -1.62. The molecule has 2 heterocycles. The third-order valence-electron chi connectivity index (χ3n) is 3.81. The minimum atomic E-state index is 0.107. The number of amides is 1. The first-order valence-electron chi connectivity index (χ1n) is 7.08. The van der Waals surface area contributed by atoms with Crippen LogP contribution in [0.3, 0.4) is 0 Å². The van der Waals surface area contributed by atoms with Crippen LogP contribution in [-0.2, 0) is 4.79 Å². The summed E-state index contributed by atoms with van der Waals surface area (Å²) in [6.07, 6.45) is 0.972. The summed E-state index contributed by atoms with van der Waals surface area (Å²) < 4.78 is 1.20. The van der Waals surface area contributed by atoms with E-state index in [9.17, 15) is 4.79 Å². The smallest absolute Gasteiger partial charge is 0.226 e. The van der Waals surface area contributed by atoms with Crippen LogP contribution in [-0.4, -0.2) is 30.0 Å². The quantitative estimate of drug-likeness (QED) is 0.941. The molecule has 0 spiro atoms. The Morgan fingerprint density at radius 3 is 2.95 bits per heavy atom. The van der Waals surface area contributed by atoms with Crippen LogP contribution in [0.25, 0.3) is 10.2 Å². The summed E-state index contributed by atoms with van der Waals surface area (Å²) in [4.78, 5) is 18.8. The number of hydrogen-bond acceptors (Lipinski definition) is 4. The standard InChI is InChI=1S/C15H19N3OS/c1-3-10(2)16-14(19)11-8-18(9-11)15-17-12-6-4-5-7-13(12)20-15/h4-7,10-11H,3,8-9H2,1-2H3,(H,16,19). The molecular formula is C15H19N3OS. The van der Waals surface area contributed by atoms with Gasteiger partial charge in [-0.1, -0.05) is 30.4 Å². The molecule has 1 N–H and O–H groups in total. The first kappa shape index (κ1) is 13.4. The maximum Gasteiger partial charge on any atom is 0.226 e. The minimum Gasteiger partial charge on any atom is -0.353 e. The Morgan fingerprint density at radius 1 is 1.50 bits per heavy atom. The third kappa shape index (κ3) is 2.50. The van der Waals surface area contributed by atoms with Crippen molar-refractivity contribution in [3.8, 4) is 0 Å². The molecule has 1 fully saturated rings. The van der Waals surface area contributed by atoms with Crippen molar-refractivity contribution in [1.29, 1.82) is 0 Å². The fourth-order valence-corrected chi connectivity index (χ4v) is 3.24. The maximum absolute atomic E-state index is 12.0. The van der Waals surface area contributed by atoms with Gasteiger partial charge in [0.25, 0.3) is 0 Å². The Kier molecular flexibility index (Phi) is 3.61. The first-order valence-corrected chi connectivity index (χ1v) is 7.90. The number of hydrogen-bond donors (Lipinski definition) is 1. The number of nitrogens with one attached hydrogen (secondary N) is 1. The van der Waals surface area contributed by atoms with Crippen LogP contribution in [0, 0.1) is 5.92 Å². The van der Waals surface area contributed by atoms with Crippen LogP contribution in [0.2, 0.25) is 0 Å². The Labute approximate surface area is 122 Å². The van der Waals surface area contributed by atoms with Gasteiger partial charge in [-0.25, -0.2) is 4.98 Å². The third-order valence-corrected chi connectivity index (χ3v) is 4.90. The fourth-order valence-electron chi connectivity index (χ4n) is 2.26. The predicted octanol–water partition coefficient (Wildman–Crippen LogP) is 2.65. The molecule has 0 radical (unpaired) electrons. The number of anilines is 1. The second-order valence-corrected chi connectivity index (χ2v) is 6.39. The molecule has 0 bridgehead atoms. The molecular weight excluding hydrogens is 270 g/mol. The number of benzene rings is 1. The summed E-state index contributed by atoms with van der Waals surface area (Å²) in [7, 11) is 0. The maximum atomic E-state index is 12.0. The molecule has 1 aromatic carbocycles. The molecule has 3 rings (SSSR count). The molecule has 1 atom stereocenters.